The van der Waals surface area contributed by atoms with Crippen LogP contribution in [0.1, 0.15) is 29.4 Å². The quantitative estimate of drug-likeness (QED) is 0.821. The second-order valence-electron chi connectivity index (χ2n) is 7.08. The molecule has 1 fully saturated rings. The molecule has 3 heterocycles. The molecule has 0 saturated carbocycles. The third kappa shape index (κ3) is 3.52. The van der Waals surface area contributed by atoms with Crippen LogP contribution in [0.3, 0.4) is 0 Å². The van der Waals surface area contributed by atoms with E-state index in [2.05, 4.69) is 34.1 Å². The number of carbonyl (C=O) groups is 2. The highest BCUT2D eigenvalue weighted by Gasteiger charge is 2.25. The zero-order valence-corrected chi connectivity index (χ0v) is 15.6. The van der Waals surface area contributed by atoms with E-state index in [0.29, 0.717) is 31.9 Å². The summed E-state index contributed by atoms with van der Waals surface area (Å²) in [6.45, 7) is 4.78. The highest BCUT2D eigenvalue weighted by Crippen LogP contribution is 2.33. The SMILES string of the molecule is CC(=O)N1CCN(C(=O)c2cc(N3CCCc4ccccc43)ccn2)CC1. The fourth-order valence-electron chi connectivity index (χ4n) is 3.89. The summed E-state index contributed by atoms with van der Waals surface area (Å²) in [7, 11) is 0. The number of rotatable bonds is 2. The molecule has 0 spiro atoms. The minimum Gasteiger partial charge on any atom is -0.341 e. The highest BCUT2D eigenvalue weighted by atomic mass is 16.2. The minimum atomic E-state index is -0.0645. The van der Waals surface area contributed by atoms with Crippen LogP contribution in [0.4, 0.5) is 11.4 Å². The normalized spacial score (nSPS) is 16.9. The third-order valence-corrected chi connectivity index (χ3v) is 5.40. The Kier molecular flexibility index (Phi) is 4.79. The van der Waals surface area contributed by atoms with Gasteiger partial charge < -0.3 is 14.7 Å². The molecule has 1 saturated heterocycles. The maximum Gasteiger partial charge on any atom is 0.272 e. The monoisotopic (exact) mass is 364 g/mol. The molecule has 6 heteroatoms. The lowest BCUT2D eigenvalue weighted by Crippen LogP contribution is -2.50. The number of benzene rings is 1. The number of amides is 2. The number of piperazine rings is 1. The number of hydrogen-bond donors (Lipinski definition) is 0. The fraction of sp³-hybridized carbons (Fsp3) is 0.381. The Hall–Kier alpha value is -2.89. The number of pyridine rings is 1. The van der Waals surface area contributed by atoms with Gasteiger partial charge in [0.1, 0.15) is 5.69 Å². The second kappa shape index (κ2) is 7.39. The number of aromatic nitrogens is 1. The fourth-order valence-corrected chi connectivity index (χ4v) is 3.89. The summed E-state index contributed by atoms with van der Waals surface area (Å²) in [5.74, 6) is -0.00340. The van der Waals surface area contributed by atoms with Gasteiger partial charge in [0.2, 0.25) is 5.91 Å². The van der Waals surface area contributed by atoms with E-state index in [0.717, 1.165) is 25.1 Å². The molecule has 0 aliphatic carbocycles. The Labute approximate surface area is 159 Å². The first kappa shape index (κ1) is 17.5. The first-order chi connectivity index (χ1) is 13.1. The van der Waals surface area contributed by atoms with Gasteiger partial charge in [-0.3, -0.25) is 14.6 Å². The molecule has 0 atom stereocenters. The van der Waals surface area contributed by atoms with E-state index in [-0.39, 0.29) is 11.8 Å². The molecule has 6 nitrogen and oxygen atoms in total. The lowest BCUT2D eigenvalue weighted by molar-refractivity contribution is -0.130. The second-order valence-corrected chi connectivity index (χ2v) is 7.08. The van der Waals surface area contributed by atoms with E-state index in [1.54, 1.807) is 22.9 Å². The van der Waals surface area contributed by atoms with Crippen molar-refractivity contribution >= 4 is 23.2 Å². The summed E-state index contributed by atoms with van der Waals surface area (Å²) < 4.78 is 0. The van der Waals surface area contributed by atoms with Gasteiger partial charge in [0.25, 0.3) is 5.91 Å². The van der Waals surface area contributed by atoms with Gasteiger partial charge in [0.15, 0.2) is 0 Å². The van der Waals surface area contributed by atoms with E-state index < -0.39 is 0 Å². The molecule has 2 aliphatic rings. The van der Waals surface area contributed by atoms with Crippen molar-refractivity contribution in [2.24, 2.45) is 0 Å². The van der Waals surface area contributed by atoms with Crippen LogP contribution in [0.5, 0.6) is 0 Å². The van der Waals surface area contributed by atoms with Crippen molar-refractivity contribution in [2.75, 3.05) is 37.6 Å². The van der Waals surface area contributed by atoms with Gasteiger partial charge >= 0.3 is 0 Å². The summed E-state index contributed by atoms with van der Waals surface area (Å²) in [6, 6.07) is 12.3. The average Bonchev–Trinajstić information content (AvgIpc) is 2.73. The van der Waals surface area contributed by atoms with Crippen LogP contribution in [-0.4, -0.2) is 59.3 Å². The molecule has 2 aliphatic heterocycles. The standard InChI is InChI=1S/C21H24N4O2/c1-16(26)23-11-13-24(14-12-23)21(27)19-15-18(8-9-22-19)25-10-4-6-17-5-2-3-7-20(17)25/h2-3,5,7-9,15H,4,6,10-14H2,1H3. The average molecular weight is 364 g/mol. The van der Waals surface area contributed by atoms with Crippen molar-refractivity contribution in [1.29, 1.82) is 0 Å². The van der Waals surface area contributed by atoms with E-state index in [1.165, 1.54) is 11.3 Å². The Morgan fingerprint density at radius 1 is 0.963 bits per heavy atom. The van der Waals surface area contributed by atoms with Crippen LogP contribution in [0.25, 0.3) is 0 Å². The largest absolute Gasteiger partial charge is 0.341 e. The van der Waals surface area contributed by atoms with Crippen molar-refractivity contribution in [2.45, 2.75) is 19.8 Å². The van der Waals surface area contributed by atoms with Gasteiger partial charge in [-0.05, 0) is 36.6 Å². The number of nitrogens with zero attached hydrogens (tertiary/aromatic N) is 4. The summed E-state index contributed by atoms with van der Waals surface area (Å²) in [4.78, 5) is 34.5. The number of anilines is 2. The lowest BCUT2D eigenvalue weighted by Gasteiger charge is -2.34. The molecule has 1 aromatic carbocycles. The first-order valence-electron chi connectivity index (χ1n) is 9.50. The van der Waals surface area contributed by atoms with E-state index in [4.69, 9.17) is 0 Å². The Bertz CT molecular complexity index is 859. The molecule has 0 N–H and O–H groups in total. The first-order valence-corrected chi connectivity index (χ1v) is 9.50. The number of fused-ring (bicyclic) bond motifs is 1. The van der Waals surface area contributed by atoms with Gasteiger partial charge in [-0.2, -0.15) is 0 Å². The maximum atomic E-state index is 12.9. The Morgan fingerprint density at radius 2 is 1.70 bits per heavy atom. The van der Waals surface area contributed by atoms with Crippen molar-refractivity contribution in [3.05, 3.63) is 53.9 Å². The predicted octanol–water partition coefficient (Wildman–Crippen LogP) is 2.47. The minimum absolute atomic E-state index is 0.0611. The summed E-state index contributed by atoms with van der Waals surface area (Å²) in [6.07, 6.45) is 3.89. The molecule has 2 amide bonds. The van der Waals surface area contributed by atoms with Gasteiger partial charge in [-0.15, -0.1) is 0 Å². The number of aryl methyl sites for hydroxylation is 1. The smallest absolute Gasteiger partial charge is 0.272 e. The summed E-state index contributed by atoms with van der Waals surface area (Å²) in [5.41, 5.74) is 4.02. The van der Waals surface area contributed by atoms with Gasteiger partial charge in [-0.1, -0.05) is 18.2 Å². The molecular formula is C21H24N4O2. The van der Waals surface area contributed by atoms with Crippen LogP contribution in [0.2, 0.25) is 0 Å². The Balaban J connectivity index is 1.54. The van der Waals surface area contributed by atoms with E-state index >= 15 is 0 Å². The van der Waals surface area contributed by atoms with Crippen molar-refractivity contribution in [3.63, 3.8) is 0 Å². The summed E-state index contributed by atoms with van der Waals surface area (Å²) >= 11 is 0. The highest BCUT2D eigenvalue weighted by molar-refractivity contribution is 5.93. The number of hydrogen-bond acceptors (Lipinski definition) is 4. The molecule has 140 valence electrons. The van der Waals surface area contributed by atoms with Crippen LogP contribution in [0.15, 0.2) is 42.6 Å². The molecule has 4 rings (SSSR count). The van der Waals surface area contributed by atoms with Crippen LogP contribution in [-0.2, 0) is 11.2 Å². The van der Waals surface area contributed by atoms with Crippen molar-refractivity contribution in [3.8, 4) is 0 Å². The predicted molar refractivity (Wildman–Crippen MR) is 104 cm³/mol. The van der Waals surface area contributed by atoms with Gasteiger partial charge in [0.05, 0.1) is 0 Å². The maximum absolute atomic E-state index is 12.9. The van der Waals surface area contributed by atoms with Crippen molar-refractivity contribution in [1.82, 2.24) is 14.8 Å². The third-order valence-electron chi connectivity index (χ3n) is 5.40. The van der Waals surface area contributed by atoms with E-state index in [9.17, 15) is 9.59 Å². The molecule has 1 aromatic heterocycles. The van der Waals surface area contributed by atoms with Crippen molar-refractivity contribution < 1.29 is 9.59 Å². The Morgan fingerprint density at radius 3 is 2.48 bits per heavy atom. The molecule has 0 radical (unpaired) electrons. The lowest BCUT2D eigenvalue weighted by atomic mass is 10.0. The topological polar surface area (TPSA) is 56.8 Å². The zero-order valence-electron chi connectivity index (χ0n) is 15.6. The van der Waals surface area contributed by atoms with E-state index in [1.807, 2.05) is 12.1 Å². The van der Waals surface area contributed by atoms with Crippen LogP contribution < -0.4 is 4.90 Å². The molecule has 0 bridgehead atoms. The zero-order chi connectivity index (χ0) is 18.8. The molecule has 0 unspecified atom stereocenters. The summed E-state index contributed by atoms with van der Waals surface area (Å²) in [5, 5.41) is 0. The number of para-hydroxylation sites is 1. The molecule has 27 heavy (non-hydrogen) atoms. The van der Waals surface area contributed by atoms with Crippen LogP contribution in [0, 0.1) is 0 Å². The van der Waals surface area contributed by atoms with Crippen LogP contribution >= 0.6 is 0 Å². The number of carbonyl (C=O) groups excluding carboxylic acids is 2. The molecule has 2 aromatic rings. The molecular weight excluding hydrogens is 340 g/mol. The van der Waals surface area contributed by atoms with Gasteiger partial charge in [0, 0.05) is 57.2 Å². The van der Waals surface area contributed by atoms with Gasteiger partial charge in [-0.25, -0.2) is 0 Å².